The highest BCUT2D eigenvalue weighted by atomic mass is 16.7. The lowest BCUT2D eigenvalue weighted by Gasteiger charge is -2.34. The number of carbonyl (C=O) groups excluding carboxylic acids is 2. The highest BCUT2D eigenvalue weighted by Crippen LogP contribution is 2.34. The maximum absolute atomic E-state index is 12.0. The summed E-state index contributed by atoms with van der Waals surface area (Å²) in [6, 6.07) is 4.46. The van der Waals surface area contributed by atoms with E-state index >= 15 is 0 Å². The lowest BCUT2D eigenvalue weighted by atomic mass is 10.2. The number of nitrogens with zero attached hydrogens (tertiary/aromatic N) is 1. The van der Waals surface area contributed by atoms with Crippen LogP contribution in [0.5, 0.6) is 11.5 Å². The Morgan fingerprint density at radius 1 is 1.17 bits per heavy atom. The maximum Gasteiger partial charge on any atom is 0.325 e. The van der Waals surface area contributed by atoms with Gasteiger partial charge in [-0.2, -0.15) is 0 Å². The first-order valence-electron chi connectivity index (χ1n) is 7.88. The molecule has 2 aliphatic rings. The standard InChI is InChI=1S/C16H21N3O5/c1-10-6-19(7-11(2)24-10)8-15(20)18-16(21)17-12-3-4-13-14(5-12)23-9-22-13/h3-5,10-11H,6-9H2,1-2H3,(H2,17,18,20,21). The molecule has 2 aliphatic heterocycles. The van der Waals surface area contributed by atoms with E-state index in [4.69, 9.17) is 14.2 Å². The smallest absolute Gasteiger partial charge is 0.325 e. The number of benzene rings is 1. The summed E-state index contributed by atoms with van der Waals surface area (Å²) in [5.74, 6) is 0.845. The van der Waals surface area contributed by atoms with Crippen molar-refractivity contribution in [3.63, 3.8) is 0 Å². The Morgan fingerprint density at radius 2 is 1.88 bits per heavy atom. The molecule has 2 heterocycles. The summed E-state index contributed by atoms with van der Waals surface area (Å²) in [5.41, 5.74) is 0.526. The molecule has 8 nitrogen and oxygen atoms in total. The lowest BCUT2D eigenvalue weighted by Crippen LogP contribution is -2.50. The molecule has 2 unspecified atom stereocenters. The molecule has 0 aliphatic carbocycles. The number of imide groups is 1. The van der Waals surface area contributed by atoms with Crippen molar-refractivity contribution in [2.24, 2.45) is 0 Å². The Balaban J connectivity index is 1.48. The van der Waals surface area contributed by atoms with Crippen LogP contribution in [0.2, 0.25) is 0 Å². The Kier molecular flexibility index (Phi) is 4.86. The van der Waals surface area contributed by atoms with Crippen molar-refractivity contribution in [1.29, 1.82) is 0 Å². The normalized spacial score (nSPS) is 22.9. The van der Waals surface area contributed by atoms with Crippen molar-refractivity contribution < 1.29 is 23.8 Å². The van der Waals surface area contributed by atoms with Gasteiger partial charge in [0.05, 0.1) is 18.8 Å². The Hall–Kier alpha value is -2.32. The second-order valence-corrected chi connectivity index (χ2v) is 6.02. The first-order chi connectivity index (χ1) is 11.5. The molecule has 3 rings (SSSR count). The summed E-state index contributed by atoms with van der Waals surface area (Å²) in [7, 11) is 0. The average Bonchev–Trinajstić information content (AvgIpc) is 2.93. The van der Waals surface area contributed by atoms with Crippen molar-refractivity contribution in [3.05, 3.63) is 18.2 Å². The fourth-order valence-corrected chi connectivity index (χ4v) is 2.92. The largest absolute Gasteiger partial charge is 0.454 e. The molecule has 1 saturated heterocycles. The van der Waals surface area contributed by atoms with Gasteiger partial charge in [0, 0.05) is 24.8 Å². The van der Waals surface area contributed by atoms with Crippen LogP contribution in [-0.4, -0.2) is 55.5 Å². The molecule has 1 fully saturated rings. The summed E-state index contributed by atoms with van der Waals surface area (Å²) < 4.78 is 16.1. The van der Waals surface area contributed by atoms with Gasteiger partial charge < -0.3 is 19.5 Å². The Labute approximate surface area is 140 Å². The first-order valence-corrected chi connectivity index (χ1v) is 7.88. The number of hydrogen-bond donors (Lipinski definition) is 2. The summed E-state index contributed by atoms with van der Waals surface area (Å²) >= 11 is 0. The van der Waals surface area contributed by atoms with E-state index in [0.717, 1.165) is 0 Å². The quantitative estimate of drug-likeness (QED) is 0.862. The molecule has 0 spiro atoms. The molecule has 130 valence electrons. The van der Waals surface area contributed by atoms with E-state index in [1.165, 1.54) is 0 Å². The summed E-state index contributed by atoms with van der Waals surface area (Å²) in [4.78, 5) is 25.9. The van der Waals surface area contributed by atoms with Crippen molar-refractivity contribution in [2.45, 2.75) is 26.1 Å². The summed E-state index contributed by atoms with van der Waals surface area (Å²) in [6.45, 7) is 5.59. The fraction of sp³-hybridized carbons (Fsp3) is 0.500. The number of anilines is 1. The van der Waals surface area contributed by atoms with E-state index in [2.05, 4.69) is 10.6 Å². The summed E-state index contributed by atoms with van der Waals surface area (Å²) in [5, 5.41) is 4.94. The van der Waals surface area contributed by atoms with Gasteiger partial charge in [-0.1, -0.05) is 0 Å². The van der Waals surface area contributed by atoms with Crippen LogP contribution in [-0.2, 0) is 9.53 Å². The van der Waals surface area contributed by atoms with Crippen LogP contribution in [0.4, 0.5) is 10.5 Å². The SMILES string of the molecule is CC1CN(CC(=O)NC(=O)Nc2ccc3c(c2)OCO3)CC(C)O1. The van der Waals surface area contributed by atoms with Gasteiger partial charge in [0.2, 0.25) is 12.7 Å². The van der Waals surface area contributed by atoms with Crippen LogP contribution in [0, 0.1) is 0 Å². The first kappa shape index (κ1) is 16.5. The van der Waals surface area contributed by atoms with Gasteiger partial charge in [-0.3, -0.25) is 15.0 Å². The molecule has 0 aromatic heterocycles. The third-order valence-corrected chi connectivity index (χ3v) is 3.75. The van der Waals surface area contributed by atoms with E-state index in [9.17, 15) is 9.59 Å². The zero-order chi connectivity index (χ0) is 17.1. The van der Waals surface area contributed by atoms with E-state index in [1.807, 2.05) is 18.7 Å². The number of nitrogens with one attached hydrogen (secondary N) is 2. The van der Waals surface area contributed by atoms with Gasteiger partial charge in [-0.05, 0) is 26.0 Å². The lowest BCUT2D eigenvalue weighted by molar-refractivity contribution is -0.124. The van der Waals surface area contributed by atoms with Crippen molar-refractivity contribution in [2.75, 3.05) is 31.7 Å². The molecular weight excluding hydrogens is 314 g/mol. The number of fused-ring (bicyclic) bond motifs is 1. The van der Waals surface area contributed by atoms with Crippen molar-refractivity contribution in [3.8, 4) is 11.5 Å². The highest BCUT2D eigenvalue weighted by Gasteiger charge is 2.24. The number of morpholine rings is 1. The molecule has 0 bridgehead atoms. The average molecular weight is 335 g/mol. The van der Waals surface area contributed by atoms with Crippen molar-refractivity contribution in [1.82, 2.24) is 10.2 Å². The Morgan fingerprint density at radius 3 is 2.62 bits per heavy atom. The van der Waals surface area contributed by atoms with Crippen LogP contribution in [0.3, 0.4) is 0 Å². The Bertz CT molecular complexity index is 626. The van der Waals surface area contributed by atoms with Crippen LogP contribution in [0.25, 0.3) is 0 Å². The fourth-order valence-electron chi connectivity index (χ4n) is 2.92. The second-order valence-electron chi connectivity index (χ2n) is 6.02. The molecule has 0 saturated carbocycles. The van der Waals surface area contributed by atoms with E-state index in [1.54, 1.807) is 18.2 Å². The highest BCUT2D eigenvalue weighted by molar-refractivity contribution is 6.01. The van der Waals surface area contributed by atoms with E-state index in [0.29, 0.717) is 30.3 Å². The van der Waals surface area contributed by atoms with Gasteiger partial charge in [0.1, 0.15) is 0 Å². The van der Waals surface area contributed by atoms with Gasteiger partial charge >= 0.3 is 6.03 Å². The zero-order valence-electron chi connectivity index (χ0n) is 13.7. The van der Waals surface area contributed by atoms with Crippen LogP contribution < -0.4 is 20.1 Å². The minimum absolute atomic E-state index is 0.0732. The zero-order valence-corrected chi connectivity index (χ0v) is 13.7. The van der Waals surface area contributed by atoms with E-state index < -0.39 is 6.03 Å². The third-order valence-electron chi connectivity index (χ3n) is 3.75. The molecule has 0 radical (unpaired) electrons. The molecule has 2 N–H and O–H groups in total. The second kappa shape index (κ2) is 7.06. The number of carbonyl (C=O) groups is 2. The van der Waals surface area contributed by atoms with Gasteiger partial charge in [0.15, 0.2) is 11.5 Å². The number of hydrogen-bond acceptors (Lipinski definition) is 6. The minimum atomic E-state index is -0.576. The molecular formula is C16H21N3O5. The maximum atomic E-state index is 12.0. The topological polar surface area (TPSA) is 89.1 Å². The number of amides is 3. The van der Waals surface area contributed by atoms with Gasteiger partial charge in [-0.15, -0.1) is 0 Å². The number of rotatable bonds is 3. The predicted octanol–water partition coefficient (Wildman–Crippen LogP) is 1.17. The molecule has 8 heteroatoms. The van der Waals surface area contributed by atoms with Crippen LogP contribution in [0.15, 0.2) is 18.2 Å². The summed E-state index contributed by atoms with van der Waals surface area (Å²) in [6.07, 6.45) is 0.146. The van der Waals surface area contributed by atoms with Crippen LogP contribution in [0.1, 0.15) is 13.8 Å². The molecule has 2 atom stereocenters. The monoisotopic (exact) mass is 335 g/mol. The molecule has 3 amide bonds. The van der Waals surface area contributed by atoms with Gasteiger partial charge in [-0.25, -0.2) is 4.79 Å². The molecule has 24 heavy (non-hydrogen) atoms. The number of urea groups is 1. The molecule has 1 aromatic rings. The van der Waals surface area contributed by atoms with Gasteiger partial charge in [0.25, 0.3) is 0 Å². The number of ether oxygens (including phenoxy) is 3. The van der Waals surface area contributed by atoms with Crippen molar-refractivity contribution >= 4 is 17.6 Å². The third kappa shape index (κ3) is 4.15. The van der Waals surface area contributed by atoms with E-state index in [-0.39, 0.29) is 31.5 Å². The predicted molar refractivity (Wildman–Crippen MR) is 86.2 cm³/mol. The van der Waals surface area contributed by atoms with Crippen LogP contribution >= 0.6 is 0 Å². The molecule has 1 aromatic carbocycles. The minimum Gasteiger partial charge on any atom is -0.454 e.